The summed E-state index contributed by atoms with van der Waals surface area (Å²) in [6, 6.07) is 0. The molecule has 0 radical (unpaired) electrons. The minimum absolute atomic E-state index is 0.0620. The number of cyclic esters (lactones) is 1. The second-order valence-electron chi connectivity index (χ2n) is 7.22. The Bertz CT molecular complexity index is 549. The van der Waals surface area contributed by atoms with Gasteiger partial charge in [-0.3, -0.25) is 0 Å². The second kappa shape index (κ2) is 7.31. The number of aliphatic hydroxyl groups is 1. The maximum absolute atomic E-state index is 12.2. The molecule has 1 heterocycles. The fraction of sp³-hybridized carbons (Fsp3) is 0.550. The summed E-state index contributed by atoms with van der Waals surface area (Å²) in [6.07, 6.45) is 11.8. The molecule has 1 saturated heterocycles. The highest BCUT2D eigenvalue weighted by Crippen LogP contribution is 2.39. The Balaban J connectivity index is 2.31. The third-order valence-corrected chi connectivity index (χ3v) is 4.63. The van der Waals surface area contributed by atoms with E-state index in [4.69, 9.17) is 4.74 Å². The molecule has 3 heteroatoms. The number of carbonyl (C=O) groups is 1. The lowest BCUT2D eigenvalue weighted by atomic mass is 9.76. The third-order valence-electron chi connectivity index (χ3n) is 4.63. The first-order chi connectivity index (χ1) is 10.8. The first kappa shape index (κ1) is 17.7. The molecule has 0 unspecified atom stereocenters. The normalized spacial score (nSPS) is 35.6. The number of allylic oxidation sites excluding steroid dienone is 4. The fourth-order valence-electron chi connectivity index (χ4n) is 3.21. The van der Waals surface area contributed by atoms with Crippen molar-refractivity contribution < 1.29 is 14.6 Å². The van der Waals surface area contributed by atoms with Crippen LogP contribution in [0.5, 0.6) is 0 Å². The lowest BCUT2D eigenvalue weighted by Crippen LogP contribution is -2.35. The maximum Gasteiger partial charge on any atom is 0.334 e. The van der Waals surface area contributed by atoms with Crippen molar-refractivity contribution in [2.75, 3.05) is 6.61 Å². The van der Waals surface area contributed by atoms with Crippen molar-refractivity contribution in [1.82, 2.24) is 0 Å². The van der Waals surface area contributed by atoms with Crippen LogP contribution in [-0.4, -0.2) is 23.3 Å². The highest BCUT2D eigenvalue weighted by Gasteiger charge is 2.37. The topological polar surface area (TPSA) is 46.5 Å². The van der Waals surface area contributed by atoms with Crippen molar-refractivity contribution in [2.45, 2.75) is 45.6 Å². The molecule has 0 spiro atoms. The zero-order chi connectivity index (χ0) is 17.0. The fourth-order valence-corrected chi connectivity index (χ4v) is 3.21. The molecule has 0 aromatic carbocycles. The molecule has 1 aliphatic heterocycles. The summed E-state index contributed by atoms with van der Waals surface area (Å²) >= 11 is 0. The molecule has 1 fully saturated rings. The molecule has 0 amide bonds. The van der Waals surface area contributed by atoms with E-state index in [2.05, 4.69) is 26.5 Å². The van der Waals surface area contributed by atoms with E-state index in [0.29, 0.717) is 30.9 Å². The molecule has 0 saturated carbocycles. The number of carbonyl (C=O) groups excluding carboxylic acids is 1. The first-order valence-corrected chi connectivity index (χ1v) is 8.43. The summed E-state index contributed by atoms with van der Waals surface area (Å²) in [5.41, 5.74) is 0.933. The predicted molar refractivity (Wildman–Crippen MR) is 92.8 cm³/mol. The van der Waals surface area contributed by atoms with Crippen LogP contribution in [0.1, 0.15) is 40.0 Å². The summed E-state index contributed by atoms with van der Waals surface area (Å²) in [4.78, 5) is 12.2. The molecule has 3 atom stereocenters. The van der Waals surface area contributed by atoms with Gasteiger partial charge in [-0.1, -0.05) is 56.4 Å². The van der Waals surface area contributed by atoms with Crippen molar-refractivity contribution in [2.24, 2.45) is 17.8 Å². The van der Waals surface area contributed by atoms with E-state index in [-0.39, 0.29) is 17.8 Å². The summed E-state index contributed by atoms with van der Waals surface area (Å²) < 4.78 is 5.39. The molecule has 126 valence electrons. The molecule has 2 rings (SSSR count). The van der Waals surface area contributed by atoms with E-state index in [1.165, 1.54) is 0 Å². The van der Waals surface area contributed by atoms with Crippen molar-refractivity contribution >= 4 is 5.97 Å². The van der Waals surface area contributed by atoms with Gasteiger partial charge in [-0.25, -0.2) is 4.79 Å². The zero-order valence-corrected chi connectivity index (χ0v) is 14.4. The van der Waals surface area contributed by atoms with Gasteiger partial charge in [0, 0.05) is 17.4 Å². The van der Waals surface area contributed by atoms with E-state index in [9.17, 15) is 9.90 Å². The summed E-state index contributed by atoms with van der Waals surface area (Å²) in [5, 5.41) is 10.4. The maximum atomic E-state index is 12.2. The summed E-state index contributed by atoms with van der Waals surface area (Å²) in [5.74, 6) is 0.388. The van der Waals surface area contributed by atoms with Crippen LogP contribution >= 0.6 is 0 Å². The molecule has 1 aliphatic carbocycles. The van der Waals surface area contributed by atoms with E-state index >= 15 is 0 Å². The van der Waals surface area contributed by atoms with Crippen molar-refractivity contribution in [3.05, 3.63) is 48.1 Å². The van der Waals surface area contributed by atoms with Crippen LogP contribution < -0.4 is 0 Å². The van der Waals surface area contributed by atoms with Gasteiger partial charge in [0.2, 0.25) is 0 Å². The standard InChI is InChI=1S/C20H28O3/c1-14(2)7-5-9-17-16-10-12-20(4,22)11-6-8-15(3)18(16)13-23-19(17)21/h5-7,9,11,14,16,18,22H,3,8,10,12-13H2,1-2,4H3/b7-5+,11-6-,17-9-/t16-,18+,20-/m1/s1. The van der Waals surface area contributed by atoms with E-state index in [0.717, 1.165) is 12.0 Å². The summed E-state index contributed by atoms with van der Waals surface area (Å²) in [6.45, 7) is 10.6. The Morgan fingerprint density at radius 3 is 2.87 bits per heavy atom. The summed E-state index contributed by atoms with van der Waals surface area (Å²) in [7, 11) is 0. The van der Waals surface area contributed by atoms with Gasteiger partial charge in [-0.05, 0) is 32.1 Å². The number of rotatable bonds is 2. The average Bonchev–Trinajstić information content (AvgIpc) is 2.51. The number of esters is 1. The van der Waals surface area contributed by atoms with Crippen LogP contribution in [0.15, 0.2) is 48.1 Å². The Morgan fingerprint density at radius 1 is 1.43 bits per heavy atom. The molecular weight excluding hydrogens is 288 g/mol. The Morgan fingerprint density at radius 2 is 2.17 bits per heavy atom. The Hall–Kier alpha value is -1.61. The largest absolute Gasteiger partial charge is 0.462 e. The molecule has 3 nitrogen and oxygen atoms in total. The lowest BCUT2D eigenvalue weighted by molar-refractivity contribution is -0.145. The van der Waals surface area contributed by atoms with Crippen LogP contribution in [0.4, 0.5) is 0 Å². The van der Waals surface area contributed by atoms with Crippen LogP contribution in [0.2, 0.25) is 0 Å². The second-order valence-corrected chi connectivity index (χ2v) is 7.22. The number of hydrogen-bond acceptors (Lipinski definition) is 3. The highest BCUT2D eigenvalue weighted by atomic mass is 16.5. The van der Waals surface area contributed by atoms with Crippen LogP contribution in [-0.2, 0) is 9.53 Å². The van der Waals surface area contributed by atoms with Gasteiger partial charge in [0.05, 0.1) is 12.2 Å². The van der Waals surface area contributed by atoms with Gasteiger partial charge in [-0.2, -0.15) is 0 Å². The molecular formula is C20H28O3. The lowest BCUT2D eigenvalue weighted by Gasteiger charge is -2.34. The molecule has 0 aromatic heterocycles. The molecule has 1 N–H and O–H groups in total. The van der Waals surface area contributed by atoms with Gasteiger partial charge in [0.1, 0.15) is 0 Å². The van der Waals surface area contributed by atoms with Gasteiger partial charge in [-0.15, -0.1) is 0 Å². The molecule has 0 aromatic rings. The van der Waals surface area contributed by atoms with Crippen molar-refractivity contribution in [1.29, 1.82) is 0 Å². The third kappa shape index (κ3) is 4.68. The highest BCUT2D eigenvalue weighted by molar-refractivity contribution is 5.90. The molecule has 0 bridgehead atoms. The predicted octanol–water partition coefficient (Wildman–Crippen LogP) is 3.96. The first-order valence-electron chi connectivity index (χ1n) is 8.43. The van der Waals surface area contributed by atoms with Crippen molar-refractivity contribution in [3.63, 3.8) is 0 Å². The average molecular weight is 316 g/mol. The van der Waals surface area contributed by atoms with Gasteiger partial charge >= 0.3 is 5.97 Å². The monoisotopic (exact) mass is 316 g/mol. The quantitative estimate of drug-likeness (QED) is 0.476. The minimum Gasteiger partial charge on any atom is -0.462 e. The molecule has 2 aliphatic rings. The van der Waals surface area contributed by atoms with E-state index in [1.54, 1.807) is 0 Å². The van der Waals surface area contributed by atoms with Crippen LogP contribution in [0, 0.1) is 17.8 Å². The van der Waals surface area contributed by atoms with Gasteiger partial charge in [0.25, 0.3) is 0 Å². The number of ether oxygens (including phenoxy) is 1. The van der Waals surface area contributed by atoms with E-state index < -0.39 is 5.60 Å². The Kier molecular flexibility index (Phi) is 5.64. The van der Waals surface area contributed by atoms with Crippen LogP contribution in [0.3, 0.4) is 0 Å². The van der Waals surface area contributed by atoms with Crippen LogP contribution in [0.25, 0.3) is 0 Å². The number of hydrogen-bond donors (Lipinski definition) is 1. The smallest absolute Gasteiger partial charge is 0.334 e. The zero-order valence-electron chi connectivity index (χ0n) is 14.4. The SMILES string of the molecule is C=C1C/C=C\[C@@](C)(O)CC[C@@H]2/C(=C/C=C/C(C)C)C(=O)OC[C@@H]12. The number of fused-ring (bicyclic) bond motifs is 1. The van der Waals surface area contributed by atoms with Gasteiger partial charge < -0.3 is 9.84 Å². The Labute approximate surface area is 139 Å². The molecule has 23 heavy (non-hydrogen) atoms. The van der Waals surface area contributed by atoms with Crippen molar-refractivity contribution in [3.8, 4) is 0 Å². The van der Waals surface area contributed by atoms with Gasteiger partial charge in [0.15, 0.2) is 0 Å². The minimum atomic E-state index is -0.838. The van der Waals surface area contributed by atoms with E-state index in [1.807, 2.05) is 31.2 Å².